The topological polar surface area (TPSA) is 6.48 Å². The average molecular weight is 324 g/mol. The molecule has 1 fully saturated rings. The van der Waals surface area contributed by atoms with E-state index in [9.17, 15) is 0 Å². The fraction of sp³-hybridized carbons (Fsp3) is 1.00. The van der Waals surface area contributed by atoms with E-state index in [-0.39, 0.29) is 0 Å². The number of alkyl halides is 1. The van der Waals surface area contributed by atoms with E-state index in [1.54, 1.807) is 0 Å². The number of nitrogens with zero attached hydrogens (tertiary/aromatic N) is 2. The molecule has 90 valence electrons. The van der Waals surface area contributed by atoms with Crippen molar-refractivity contribution in [3.63, 3.8) is 0 Å². The summed E-state index contributed by atoms with van der Waals surface area (Å²) >= 11 is 2.60. The van der Waals surface area contributed by atoms with Gasteiger partial charge in [-0.15, -0.1) is 0 Å². The lowest BCUT2D eigenvalue weighted by molar-refractivity contribution is 0.141. The van der Waals surface area contributed by atoms with Crippen molar-refractivity contribution >= 4 is 22.6 Å². The number of halogens is 1. The molecule has 1 rings (SSSR count). The van der Waals surface area contributed by atoms with E-state index in [0.717, 1.165) is 10.1 Å². The fourth-order valence-electron chi connectivity index (χ4n) is 2.33. The van der Waals surface area contributed by atoms with Gasteiger partial charge in [-0.25, -0.2) is 0 Å². The molecular formula is C12H25IN2. The van der Waals surface area contributed by atoms with Crippen LogP contribution in [0.1, 0.15) is 40.5 Å². The number of likely N-dealkylation sites (N-methyl/N-ethyl adjacent to an activating group) is 1. The maximum Gasteiger partial charge on any atom is 0.0624 e. The summed E-state index contributed by atoms with van der Waals surface area (Å²) in [5.41, 5.74) is 0. The van der Waals surface area contributed by atoms with E-state index in [0.29, 0.717) is 12.1 Å². The molecule has 2 nitrogen and oxygen atoms in total. The zero-order valence-electron chi connectivity index (χ0n) is 10.7. The molecule has 1 saturated heterocycles. The fourth-order valence-corrected chi connectivity index (χ4v) is 3.79. The lowest BCUT2D eigenvalue weighted by Crippen LogP contribution is -2.45. The highest BCUT2D eigenvalue weighted by molar-refractivity contribution is 14.1. The largest absolute Gasteiger partial charge is 0.302 e. The molecule has 0 saturated carbocycles. The minimum absolute atomic E-state index is 0.660. The van der Waals surface area contributed by atoms with Crippen LogP contribution in [0.25, 0.3) is 0 Å². The van der Waals surface area contributed by atoms with Crippen LogP contribution in [0.3, 0.4) is 0 Å². The molecule has 2 atom stereocenters. The molecule has 15 heavy (non-hydrogen) atoms. The number of hydrogen-bond donors (Lipinski definition) is 0. The Morgan fingerprint density at radius 3 is 2.33 bits per heavy atom. The van der Waals surface area contributed by atoms with Crippen LogP contribution in [0.15, 0.2) is 0 Å². The van der Waals surface area contributed by atoms with Crippen LogP contribution < -0.4 is 0 Å². The van der Waals surface area contributed by atoms with Gasteiger partial charge in [0, 0.05) is 24.7 Å². The Morgan fingerprint density at radius 2 is 1.87 bits per heavy atom. The molecule has 1 heterocycles. The Morgan fingerprint density at radius 1 is 1.27 bits per heavy atom. The normalized spacial score (nSPS) is 28.6. The molecule has 0 amide bonds. The maximum atomic E-state index is 2.68. The molecule has 0 bridgehead atoms. The number of hydrogen-bond acceptors (Lipinski definition) is 2. The molecule has 0 aromatic rings. The second-order valence-corrected chi connectivity index (χ2v) is 6.68. The van der Waals surface area contributed by atoms with Gasteiger partial charge in [-0.2, -0.15) is 0 Å². The molecule has 0 aliphatic carbocycles. The van der Waals surface area contributed by atoms with E-state index in [2.05, 4.69) is 67.1 Å². The van der Waals surface area contributed by atoms with E-state index >= 15 is 0 Å². The third-order valence-corrected chi connectivity index (χ3v) is 4.73. The van der Waals surface area contributed by atoms with Crippen molar-refractivity contribution in [3.05, 3.63) is 0 Å². The zero-order valence-corrected chi connectivity index (χ0v) is 12.9. The SMILES string of the molecule is CC(C)N(C)CC1CCC(I)N1C(C)C. The van der Waals surface area contributed by atoms with Crippen molar-refractivity contribution in [1.82, 2.24) is 9.80 Å². The van der Waals surface area contributed by atoms with Crippen LogP contribution in [0.5, 0.6) is 0 Å². The predicted octanol–water partition coefficient (Wildman–Crippen LogP) is 2.96. The highest BCUT2D eigenvalue weighted by atomic mass is 127. The van der Waals surface area contributed by atoms with E-state index < -0.39 is 0 Å². The molecule has 0 N–H and O–H groups in total. The van der Waals surface area contributed by atoms with Gasteiger partial charge in [-0.05, 0) is 47.6 Å². The minimum Gasteiger partial charge on any atom is -0.302 e. The van der Waals surface area contributed by atoms with Gasteiger partial charge in [0.15, 0.2) is 0 Å². The zero-order chi connectivity index (χ0) is 11.6. The summed E-state index contributed by atoms with van der Waals surface area (Å²) in [4.78, 5) is 5.15. The van der Waals surface area contributed by atoms with Crippen LogP contribution in [0.4, 0.5) is 0 Å². The first-order valence-corrected chi connectivity index (χ1v) is 7.29. The molecule has 3 heteroatoms. The van der Waals surface area contributed by atoms with Crippen LogP contribution >= 0.6 is 22.6 Å². The summed E-state index contributed by atoms with van der Waals surface area (Å²) in [6.45, 7) is 10.4. The summed E-state index contributed by atoms with van der Waals surface area (Å²) < 4.78 is 0.744. The Kier molecular flexibility index (Phi) is 5.32. The second-order valence-electron chi connectivity index (χ2n) is 5.24. The summed E-state index contributed by atoms with van der Waals surface area (Å²) in [6.07, 6.45) is 2.72. The second kappa shape index (κ2) is 5.82. The van der Waals surface area contributed by atoms with Gasteiger partial charge >= 0.3 is 0 Å². The van der Waals surface area contributed by atoms with Gasteiger partial charge in [0.1, 0.15) is 0 Å². The summed E-state index contributed by atoms with van der Waals surface area (Å²) in [5.74, 6) is 0. The summed E-state index contributed by atoms with van der Waals surface area (Å²) in [7, 11) is 2.24. The lowest BCUT2D eigenvalue weighted by Gasteiger charge is -2.34. The molecular weight excluding hydrogens is 299 g/mol. The smallest absolute Gasteiger partial charge is 0.0624 e. The Labute approximate surface area is 109 Å². The van der Waals surface area contributed by atoms with Gasteiger partial charge in [0.2, 0.25) is 0 Å². The Hall–Kier alpha value is 0.650. The average Bonchev–Trinajstić information content (AvgIpc) is 2.46. The first-order valence-electron chi connectivity index (χ1n) is 6.05. The van der Waals surface area contributed by atoms with E-state index in [4.69, 9.17) is 0 Å². The van der Waals surface area contributed by atoms with Crippen LogP contribution in [0.2, 0.25) is 0 Å². The monoisotopic (exact) mass is 324 g/mol. The minimum atomic E-state index is 0.660. The Bertz CT molecular complexity index is 194. The molecule has 0 spiro atoms. The highest BCUT2D eigenvalue weighted by Gasteiger charge is 2.33. The number of likely N-dealkylation sites (tertiary alicyclic amines) is 1. The Balaban J connectivity index is 2.54. The van der Waals surface area contributed by atoms with Crippen molar-refractivity contribution < 1.29 is 0 Å². The standard InChI is InChI=1S/C12H25IN2/c1-9(2)14(5)8-11-6-7-12(13)15(11)10(3)4/h9-12H,6-8H2,1-5H3. The molecule has 1 aliphatic heterocycles. The van der Waals surface area contributed by atoms with Crippen LogP contribution in [-0.2, 0) is 0 Å². The van der Waals surface area contributed by atoms with Gasteiger partial charge in [-0.3, -0.25) is 4.90 Å². The highest BCUT2D eigenvalue weighted by Crippen LogP contribution is 2.31. The van der Waals surface area contributed by atoms with Crippen molar-refractivity contribution in [1.29, 1.82) is 0 Å². The lowest BCUT2D eigenvalue weighted by atomic mass is 10.1. The first kappa shape index (κ1) is 13.7. The van der Waals surface area contributed by atoms with Gasteiger partial charge in [0.25, 0.3) is 0 Å². The summed E-state index contributed by atoms with van der Waals surface area (Å²) in [6, 6.07) is 2.10. The molecule has 2 unspecified atom stereocenters. The van der Waals surface area contributed by atoms with Crippen LogP contribution in [-0.4, -0.2) is 45.6 Å². The van der Waals surface area contributed by atoms with Crippen molar-refractivity contribution in [2.45, 2.75) is 62.7 Å². The first-order chi connectivity index (χ1) is 6.93. The predicted molar refractivity (Wildman–Crippen MR) is 75.6 cm³/mol. The maximum absolute atomic E-state index is 2.68. The van der Waals surface area contributed by atoms with Gasteiger partial charge in [0.05, 0.1) is 4.05 Å². The van der Waals surface area contributed by atoms with Crippen molar-refractivity contribution in [3.8, 4) is 0 Å². The van der Waals surface area contributed by atoms with Gasteiger partial charge < -0.3 is 4.90 Å². The molecule has 0 radical (unpaired) electrons. The summed E-state index contributed by atoms with van der Waals surface area (Å²) in [5, 5.41) is 0. The molecule has 0 aromatic carbocycles. The van der Waals surface area contributed by atoms with E-state index in [1.165, 1.54) is 19.4 Å². The number of rotatable bonds is 4. The van der Waals surface area contributed by atoms with Crippen molar-refractivity contribution in [2.24, 2.45) is 0 Å². The quantitative estimate of drug-likeness (QED) is 0.446. The molecule has 0 aromatic heterocycles. The molecule has 1 aliphatic rings. The van der Waals surface area contributed by atoms with Crippen molar-refractivity contribution in [2.75, 3.05) is 13.6 Å². The van der Waals surface area contributed by atoms with Gasteiger partial charge in [-0.1, -0.05) is 22.6 Å². The third-order valence-electron chi connectivity index (χ3n) is 3.46. The van der Waals surface area contributed by atoms with Crippen LogP contribution in [0, 0.1) is 0 Å². The van der Waals surface area contributed by atoms with E-state index in [1.807, 2.05) is 0 Å². The third kappa shape index (κ3) is 3.56.